The van der Waals surface area contributed by atoms with Crippen LogP contribution in [0.1, 0.15) is 16.7 Å². The molecule has 138 valence electrons. The van der Waals surface area contributed by atoms with Crippen molar-refractivity contribution in [3.63, 3.8) is 0 Å². The van der Waals surface area contributed by atoms with E-state index in [1.54, 1.807) is 19.4 Å². The van der Waals surface area contributed by atoms with Gasteiger partial charge in [0.25, 0.3) is 0 Å². The Kier molecular flexibility index (Phi) is 5.78. The first kappa shape index (κ1) is 18.1. The van der Waals surface area contributed by atoms with Crippen LogP contribution in [0.5, 0.6) is 11.5 Å². The van der Waals surface area contributed by atoms with E-state index in [4.69, 9.17) is 9.47 Å². The van der Waals surface area contributed by atoms with Gasteiger partial charge in [-0.2, -0.15) is 15.2 Å². The second-order valence-corrected chi connectivity index (χ2v) is 5.73. The lowest BCUT2D eigenvalue weighted by Gasteiger charge is -2.11. The van der Waals surface area contributed by atoms with Crippen LogP contribution < -0.4 is 20.6 Å². The highest BCUT2D eigenvalue weighted by atomic mass is 16.5. The number of anilines is 1. The maximum Gasteiger partial charge on any atom is 0.363 e. The molecule has 0 spiro atoms. The van der Waals surface area contributed by atoms with Crippen LogP contribution in [0.2, 0.25) is 0 Å². The van der Waals surface area contributed by atoms with Crippen molar-refractivity contribution in [1.82, 2.24) is 15.2 Å². The number of aryl methyl sites for hydroxylation is 1. The van der Waals surface area contributed by atoms with Gasteiger partial charge in [0.15, 0.2) is 17.3 Å². The number of benzene rings is 2. The van der Waals surface area contributed by atoms with Gasteiger partial charge in [0.05, 0.1) is 19.5 Å². The second kappa shape index (κ2) is 8.61. The molecule has 8 nitrogen and oxygen atoms in total. The first-order chi connectivity index (χ1) is 13.1. The van der Waals surface area contributed by atoms with E-state index in [0.29, 0.717) is 18.1 Å². The van der Waals surface area contributed by atoms with E-state index in [-0.39, 0.29) is 5.82 Å². The van der Waals surface area contributed by atoms with Crippen molar-refractivity contribution < 1.29 is 9.47 Å². The van der Waals surface area contributed by atoms with Crippen LogP contribution in [0, 0.1) is 6.92 Å². The van der Waals surface area contributed by atoms with Crippen LogP contribution in [0.3, 0.4) is 0 Å². The van der Waals surface area contributed by atoms with Crippen molar-refractivity contribution in [2.24, 2.45) is 5.10 Å². The highest BCUT2D eigenvalue weighted by Gasteiger charge is 2.06. The van der Waals surface area contributed by atoms with Crippen molar-refractivity contribution in [2.45, 2.75) is 13.5 Å². The standard InChI is InChI=1S/C19H19N5O3/c1-13-4-3-5-15(8-13)12-27-16-7-6-14(9-17(16)26-2)10-20-23-18-11-21-24-19(25)22-18/h3-11H,12H2,1-2H3,(H2,22,23,24,25)/b20-10+. The van der Waals surface area contributed by atoms with Crippen molar-refractivity contribution in [3.8, 4) is 11.5 Å². The van der Waals surface area contributed by atoms with Crippen LogP contribution >= 0.6 is 0 Å². The van der Waals surface area contributed by atoms with Gasteiger partial charge in [-0.15, -0.1) is 0 Å². The monoisotopic (exact) mass is 365 g/mol. The highest BCUT2D eigenvalue weighted by molar-refractivity contribution is 5.81. The minimum Gasteiger partial charge on any atom is -0.493 e. The number of aromatic amines is 1. The minimum atomic E-state index is -0.549. The Morgan fingerprint density at radius 2 is 2.11 bits per heavy atom. The first-order valence-corrected chi connectivity index (χ1v) is 8.21. The molecule has 2 aromatic carbocycles. The zero-order valence-electron chi connectivity index (χ0n) is 15.0. The van der Waals surface area contributed by atoms with Crippen LogP contribution in [0.4, 0.5) is 5.82 Å². The number of rotatable bonds is 7. The van der Waals surface area contributed by atoms with Gasteiger partial charge in [0.2, 0.25) is 0 Å². The molecule has 0 amide bonds. The molecule has 0 aliphatic heterocycles. The van der Waals surface area contributed by atoms with Crippen LogP contribution in [-0.2, 0) is 6.61 Å². The summed E-state index contributed by atoms with van der Waals surface area (Å²) in [5, 5.41) is 9.85. The lowest BCUT2D eigenvalue weighted by molar-refractivity contribution is 0.284. The van der Waals surface area contributed by atoms with E-state index < -0.39 is 5.69 Å². The summed E-state index contributed by atoms with van der Waals surface area (Å²) in [7, 11) is 1.58. The van der Waals surface area contributed by atoms with Gasteiger partial charge in [-0.3, -0.25) is 5.43 Å². The molecule has 8 heteroatoms. The summed E-state index contributed by atoms with van der Waals surface area (Å²) in [6.45, 7) is 2.50. The van der Waals surface area contributed by atoms with E-state index in [1.165, 1.54) is 11.8 Å². The van der Waals surface area contributed by atoms with E-state index in [0.717, 1.165) is 11.1 Å². The van der Waals surface area contributed by atoms with Crippen molar-refractivity contribution in [2.75, 3.05) is 12.5 Å². The SMILES string of the molecule is COc1cc(/C=N/Nc2cn[nH]c(=O)n2)ccc1OCc1cccc(C)c1. The Hall–Kier alpha value is -3.68. The number of H-pyrrole nitrogens is 1. The van der Waals surface area contributed by atoms with Gasteiger partial charge in [0, 0.05) is 0 Å². The summed E-state index contributed by atoms with van der Waals surface area (Å²) in [5.74, 6) is 1.49. The zero-order valence-corrected chi connectivity index (χ0v) is 15.0. The zero-order chi connectivity index (χ0) is 19.1. The average Bonchev–Trinajstić information content (AvgIpc) is 2.67. The smallest absolute Gasteiger partial charge is 0.363 e. The summed E-state index contributed by atoms with van der Waals surface area (Å²) in [6.07, 6.45) is 2.94. The van der Waals surface area contributed by atoms with Crippen molar-refractivity contribution in [3.05, 3.63) is 75.8 Å². The van der Waals surface area contributed by atoms with Gasteiger partial charge in [-0.1, -0.05) is 29.8 Å². The molecule has 0 bridgehead atoms. The molecular formula is C19H19N5O3. The van der Waals surface area contributed by atoms with Crippen LogP contribution in [0.15, 0.2) is 58.6 Å². The summed E-state index contributed by atoms with van der Waals surface area (Å²) < 4.78 is 11.3. The highest BCUT2D eigenvalue weighted by Crippen LogP contribution is 2.28. The first-order valence-electron chi connectivity index (χ1n) is 8.21. The molecule has 0 saturated heterocycles. The van der Waals surface area contributed by atoms with E-state index >= 15 is 0 Å². The van der Waals surface area contributed by atoms with Crippen molar-refractivity contribution in [1.29, 1.82) is 0 Å². The molecular weight excluding hydrogens is 346 g/mol. The van der Waals surface area contributed by atoms with E-state index in [1.807, 2.05) is 37.3 Å². The van der Waals surface area contributed by atoms with Gasteiger partial charge in [-0.25, -0.2) is 9.89 Å². The summed E-state index contributed by atoms with van der Waals surface area (Å²) >= 11 is 0. The number of nitrogens with one attached hydrogen (secondary N) is 2. The maximum absolute atomic E-state index is 11.1. The Labute approximate surface area is 155 Å². The Morgan fingerprint density at radius 1 is 1.22 bits per heavy atom. The molecule has 3 aromatic rings. The third-order valence-electron chi connectivity index (χ3n) is 3.63. The topological polar surface area (TPSA) is 101 Å². The maximum atomic E-state index is 11.1. The molecule has 0 aliphatic rings. The number of hydrogen-bond acceptors (Lipinski definition) is 7. The minimum absolute atomic E-state index is 0.250. The Bertz CT molecular complexity index is 1000. The molecule has 1 heterocycles. The number of methoxy groups -OCH3 is 1. The Morgan fingerprint density at radius 3 is 2.89 bits per heavy atom. The van der Waals surface area contributed by atoms with Crippen LogP contribution in [-0.4, -0.2) is 28.5 Å². The number of aromatic nitrogens is 3. The quantitative estimate of drug-likeness (QED) is 0.493. The molecule has 3 rings (SSSR count). The molecule has 0 saturated carbocycles. The third-order valence-corrected chi connectivity index (χ3v) is 3.63. The number of hydrazone groups is 1. The predicted octanol–water partition coefficient (Wildman–Crippen LogP) is 2.51. The molecule has 0 radical (unpaired) electrons. The fourth-order valence-electron chi connectivity index (χ4n) is 2.39. The van der Waals surface area contributed by atoms with Gasteiger partial charge in [-0.05, 0) is 36.2 Å². The summed E-state index contributed by atoms with van der Waals surface area (Å²) in [5.41, 5.74) is 5.16. The molecule has 0 atom stereocenters. The fraction of sp³-hybridized carbons (Fsp3) is 0.158. The number of hydrogen-bond donors (Lipinski definition) is 2. The summed E-state index contributed by atoms with van der Waals surface area (Å²) in [4.78, 5) is 14.7. The van der Waals surface area contributed by atoms with Crippen molar-refractivity contribution >= 4 is 12.0 Å². The van der Waals surface area contributed by atoms with Gasteiger partial charge < -0.3 is 9.47 Å². The lowest BCUT2D eigenvalue weighted by Crippen LogP contribution is -2.13. The molecule has 2 N–H and O–H groups in total. The van der Waals surface area contributed by atoms with Crippen LogP contribution in [0.25, 0.3) is 0 Å². The third kappa shape index (κ3) is 5.15. The Balaban J connectivity index is 1.66. The lowest BCUT2D eigenvalue weighted by atomic mass is 10.1. The molecule has 0 aliphatic carbocycles. The normalized spacial score (nSPS) is 10.7. The molecule has 1 aromatic heterocycles. The summed E-state index contributed by atoms with van der Waals surface area (Å²) in [6, 6.07) is 13.6. The predicted molar refractivity (Wildman–Crippen MR) is 102 cm³/mol. The van der Waals surface area contributed by atoms with E-state index in [2.05, 4.69) is 31.8 Å². The largest absolute Gasteiger partial charge is 0.493 e. The van der Waals surface area contributed by atoms with E-state index in [9.17, 15) is 4.79 Å². The van der Waals surface area contributed by atoms with Gasteiger partial charge in [0.1, 0.15) is 6.61 Å². The number of ether oxygens (including phenoxy) is 2. The molecule has 0 unspecified atom stereocenters. The molecule has 27 heavy (non-hydrogen) atoms. The van der Waals surface area contributed by atoms with Gasteiger partial charge >= 0.3 is 5.69 Å². The fourth-order valence-corrected chi connectivity index (χ4v) is 2.39. The molecule has 0 fully saturated rings. The second-order valence-electron chi connectivity index (χ2n) is 5.73. The average molecular weight is 365 g/mol. The number of nitrogens with zero attached hydrogens (tertiary/aromatic N) is 3.